The lowest BCUT2D eigenvalue weighted by atomic mass is 9.86. The Labute approximate surface area is 89.3 Å². The SMILES string of the molecule is CNc1cc(F)c(C(C)(C)C)c(Cl)c1. The molecule has 3 heteroatoms. The Bertz CT molecular complexity index is 319. The van der Waals surface area contributed by atoms with E-state index in [0.29, 0.717) is 16.3 Å². The van der Waals surface area contributed by atoms with Gasteiger partial charge >= 0.3 is 0 Å². The maximum Gasteiger partial charge on any atom is 0.130 e. The lowest BCUT2D eigenvalue weighted by Gasteiger charge is -2.21. The second-order valence-corrected chi connectivity index (χ2v) is 4.72. The van der Waals surface area contributed by atoms with E-state index in [9.17, 15) is 4.39 Å². The van der Waals surface area contributed by atoms with E-state index >= 15 is 0 Å². The zero-order chi connectivity index (χ0) is 10.9. The van der Waals surface area contributed by atoms with E-state index in [2.05, 4.69) is 5.32 Å². The summed E-state index contributed by atoms with van der Waals surface area (Å²) in [5.41, 5.74) is 0.992. The van der Waals surface area contributed by atoms with E-state index in [0.717, 1.165) is 0 Å². The molecule has 0 saturated carbocycles. The highest BCUT2D eigenvalue weighted by atomic mass is 35.5. The van der Waals surface area contributed by atoms with Crippen LogP contribution in [0.2, 0.25) is 5.02 Å². The van der Waals surface area contributed by atoms with Gasteiger partial charge < -0.3 is 5.32 Å². The van der Waals surface area contributed by atoms with Crippen LogP contribution in [0, 0.1) is 5.82 Å². The number of nitrogens with one attached hydrogen (secondary N) is 1. The zero-order valence-electron chi connectivity index (χ0n) is 8.91. The molecule has 0 atom stereocenters. The number of anilines is 1. The van der Waals surface area contributed by atoms with Crippen LogP contribution >= 0.6 is 11.6 Å². The van der Waals surface area contributed by atoms with Gasteiger partial charge in [-0.25, -0.2) is 4.39 Å². The molecule has 0 amide bonds. The Kier molecular flexibility index (Phi) is 3.05. The molecule has 14 heavy (non-hydrogen) atoms. The molecule has 1 rings (SSSR count). The summed E-state index contributed by atoms with van der Waals surface area (Å²) in [6.45, 7) is 5.82. The van der Waals surface area contributed by atoms with Crippen LogP contribution in [-0.4, -0.2) is 7.05 Å². The average molecular weight is 216 g/mol. The maximum atomic E-state index is 13.7. The topological polar surface area (TPSA) is 12.0 Å². The van der Waals surface area contributed by atoms with Crippen LogP contribution in [0.15, 0.2) is 12.1 Å². The first-order valence-corrected chi connectivity index (χ1v) is 4.91. The van der Waals surface area contributed by atoms with E-state index in [1.807, 2.05) is 20.8 Å². The van der Waals surface area contributed by atoms with Crippen molar-refractivity contribution in [3.8, 4) is 0 Å². The van der Waals surface area contributed by atoms with Gasteiger partial charge in [0.15, 0.2) is 0 Å². The van der Waals surface area contributed by atoms with Gasteiger partial charge in [-0.2, -0.15) is 0 Å². The van der Waals surface area contributed by atoms with E-state index in [-0.39, 0.29) is 11.2 Å². The van der Waals surface area contributed by atoms with E-state index in [1.54, 1.807) is 13.1 Å². The molecule has 78 valence electrons. The number of hydrogen-bond donors (Lipinski definition) is 1. The minimum absolute atomic E-state index is 0.255. The van der Waals surface area contributed by atoms with E-state index < -0.39 is 0 Å². The van der Waals surface area contributed by atoms with Crippen molar-refractivity contribution in [2.24, 2.45) is 0 Å². The van der Waals surface area contributed by atoms with Crippen LogP contribution in [0.25, 0.3) is 0 Å². The summed E-state index contributed by atoms with van der Waals surface area (Å²) in [4.78, 5) is 0. The average Bonchev–Trinajstić information content (AvgIpc) is 1.99. The monoisotopic (exact) mass is 215 g/mol. The molecule has 0 unspecified atom stereocenters. The van der Waals surface area contributed by atoms with Crippen LogP contribution in [0.4, 0.5) is 10.1 Å². The molecule has 0 aromatic heterocycles. The Morgan fingerprint density at radius 3 is 2.21 bits per heavy atom. The summed E-state index contributed by atoms with van der Waals surface area (Å²) >= 11 is 6.02. The van der Waals surface area contributed by atoms with Gasteiger partial charge in [-0.15, -0.1) is 0 Å². The minimum Gasteiger partial charge on any atom is -0.388 e. The molecule has 0 radical (unpaired) electrons. The molecule has 0 fully saturated rings. The molecular formula is C11H15ClFN. The van der Waals surface area contributed by atoms with Gasteiger partial charge in [0.25, 0.3) is 0 Å². The molecule has 0 bridgehead atoms. The Morgan fingerprint density at radius 2 is 1.86 bits per heavy atom. The van der Waals surface area contributed by atoms with Crippen LogP contribution in [0.1, 0.15) is 26.3 Å². The lowest BCUT2D eigenvalue weighted by Crippen LogP contribution is -2.14. The van der Waals surface area contributed by atoms with Crippen molar-refractivity contribution in [1.82, 2.24) is 0 Å². The molecular weight excluding hydrogens is 201 g/mol. The first-order chi connectivity index (χ1) is 6.36. The van der Waals surface area contributed by atoms with Crippen molar-refractivity contribution in [3.63, 3.8) is 0 Å². The molecule has 0 spiro atoms. The molecule has 1 nitrogen and oxygen atoms in total. The number of hydrogen-bond acceptors (Lipinski definition) is 1. The van der Waals surface area contributed by atoms with Crippen molar-refractivity contribution in [2.75, 3.05) is 12.4 Å². The Morgan fingerprint density at radius 1 is 1.29 bits per heavy atom. The molecule has 0 aliphatic carbocycles. The molecule has 0 saturated heterocycles. The summed E-state index contributed by atoms with van der Waals surface area (Å²) in [7, 11) is 1.74. The summed E-state index contributed by atoms with van der Waals surface area (Å²) in [6, 6.07) is 3.21. The fourth-order valence-electron chi connectivity index (χ4n) is 1.43. The normalized spacial score (nSPS) is 11.6. The van der Waals surface area contributed by atoms with Gasteiger partial charge in [-0.3, -0.25) is 0 Å². The highest BCUT2D eigenvalue weighted by Crippen LogP contribution is 2.33. The Hall–Kier alpha value is -0.760. The predicted molar refractivity (Wildman–Crippen MR) is 59.7 cm³/mol. The van der Waals surface area contributed by atoms with Crippen molar-refractivity contribution < 1.29 is 4.39 Å². The van der Waals surface area contributed by atoms with Crippen LogP contribution in [0.3, 0.4) is 0 Å². The smallest absolute Gasteiger partial charge is 0.130 e. The highest BCUT2D eigenvalue weighted by molar-refractivity contribution is 6.31. The van der Waals surface area contributed by atoms with Crippen LogP contribution in [-0.2, 0) is 5.41 Å². The van der Waals surface area contributed by atoms with Crippen molar-refractivity contribution >= 4 is 17.3 Å². The Balaban J connectivity index is 3.33. The van der Waals surface area contributed by atoms with Crippen molar-refractivity contribution in [2.45, 2.75) is 26.2 Å². The third-order valence-corrected chi connectivity index (χ3v) is 2.38. The molecule has 1 aromatic carbocycles. The van der Waals surface area contributed by atoms with Gasteiger partial charge in [0.2, 0.25) is 0 Å². The van der Waals surface area contributed by atoms with Gasteiger partial charge in [-0.1, -0.05) is 32.4 Å². The third kappa shape index (κ3) is 2.18. The predicted octanol–water partition coefficient (Wildman–Crippen LogP) is 3.82. The third-order valence-electron chi connectivity index (χ3n) is 2.08. The maximum absolute atomic E-state index is 13.7. The number of benzene rings is 1. The molecule has 1 N–H and O–H groups in total. The second kappa shape index (κ2) is 3.77. The van der Waals surface area contributed by atoms with Gasteiger partial charge in [0.05, 0.1) is 0 Å². The fourth-order valence-corrected chi connectivity index (χ4v) is 1.93. The molecule has 0 aliphatic rings. The fraction of sp³-hybridized carbons (Fsp3) is 0.455. The summed E-state index contributed by atoms with van der Waals surface area (Å²) in [5.74, 6) is -0.255. The van der Waals surface area contributed by atoms with Crippen LogP contribution < -0.4 is 5.32 Å². The molecule has 0 heterocycles. The number of rotatable bonds is 1. The standard InChI is InChI=1S/C11H15ClFN/c1-11(2,3)10-8(12)5-7(14-4)6-9(10)13/h5-6,14H,1-4H3. The summed E-state index contributed by atoms with van der Waals surface area (Å²) < 4.78 is 13.7. The van der Waals surface area contributed by atoms with Crippen molar-refractivity contribution in [1.29, 1.82) is 0 Å². The van der Waals surface area contributed by atoms with Crippen LogP contribution in [0.5, 0.6) is 0 Å². The first kappa shape index (κ1) is 11.3. The summed E-state index contributed by atoms with van der Waals surface area (Å²) in [6.07, 6.45) is 0. The quantitative estimate of drug-likeness (QED) is 0.751. The highest BCUT2D eigenvalue weighted by Gasteiger charge is 2.22. The zero-order valence-corrected chi connectivity index (χ0v) is 9.67. The lowest BCUT2D eigenvalue weighted by molar-refractivity contribution is 0.523. The van der Waals surface area contributed by atoms with Gasteiger partial charge in [-0.05, 0) is 17.5 Å². The van der Waals surface area contributed by atoms with Gasteiger partial charge in [0, 0.05) is 23.3 Å². The second-order valence-electron chi connectivity index (χ2n) is 4.31. The molecule has 1 aromatic rings. The summed E-state index contributed by atoms with van der Waals surface area (Å²) in [5, 5.41) is 3.34. The minimum atomic E-state index is -0.270. The van der Waals surface area contributed by atoms with Crippen molar-refractivity contribution in [3.05, 3.63) is 28.5 Å². The largest absolute Gasteiger partial charge is 0.388 e. The number of halogens is 2. The van der Waals surface area contributed by atoms with E-state index in [1.165, 1.54) is 6.07 Å². The molecule has 0 aliphatic heterocycles. The van der Waals surface area contributed by atoms with Gasteiger partial charge in [0.1, 0.15) is 5.82 Å². The first-order valence-electron chi connectivity index (χ1n) is 4.53. The van der Waals surface area contributed by atoms with E-state index in [4.69, 9.17) is 11.6 Å².